The Hall–Kier alpha value is -0.420. The molecule has 14 heavy (non-hydrogen) atoms. The summed E-state index contributed by atoms with van der Waals surface area (Å²) in [6, 6.07) is 5.40. The van der Waals surface area contributed by atoms with Crippen molar-refractivity contribution in [2.45, 2.75) is 11.0 Å². The van der Waals surface area contributed by atoms with Gasteiger partial charge in [-0.2, -0.15) is 0 Å². The van der Waals surface area contributed by atoms with E-state index in [1.807, 2.05) is 6.07 Å². The van der Waals surface area contributed by atoms with Gasteiger partial charge in [-0.1, -0.05) is 11.6 Å². The summed E-state index contributed by atoms with van der Waals surface area (Å²) in [7, 11) is 0. The number of aliphatic hydroxyl groups excluding tert-OH is 1. The lowest BCUT2D eigenvalue weighted by Gasteiger charge is -2.07. The van der Waals surface area contributed by atoms with Gasteiger partial charge in [0.05, 0.1) is 16.8 Å². The van der Waals surface area contributed by atoms with Gasteiger partial charge in [0.15, 0.2) is 0 Å². The average Bonchev–Trinajstić information content (AvgIpc) is 2.19. The number of aliphatic hydroxyl groups is 1. The zero-order chi connectivity index (χ0) is 10.6. The predicted molar refractivity (Wildman–Crippen MR) is 61.6 cm³/mol. The Morgan fingerprint density at radius 3 is 2.79 bits per heavy atom. The second kappa shape index (κ2) is 5.46. The molecule has 0 aliphatic rings. The summed E-state index contributed by atoms with van der Waals surface area (Å²) >= 11 is 7.34. The van der Waals surface area contributed by atoms with Crippen LogP contribution in [0.5, 0.6) is 0 Å². The maximum absolute atomic E-state index is 9.24. The Labute approximate surface area is 92.4 Å². The zero-order valence-electron chi connectivity index (χ0n) is 7.61. The minimum absolute atomic E-state index is 0.274. The fourth-order valence-corrected chi connectivity index (χ4v) is 1.99. The number of hydrogen-bond acceptors (Lipinski definition) is 4. The summed E-state index contributed by atoms with van der Waals surface area (Å²) in [5.41, 5.74) is 11.4. The van der Waals surface area contributed by atoms with Crippen LogP contribution < -0.4 is 11.5 Å². The van der Waals surface area contributed by atoms with E-state index in [0.29, 0.717) is 16.5 Å². The van der Waals surface area contributed by atoms with E-state index in [9.17, 15) is 5.11 Å². The summed E-state index contributed by atoms with van der Waals surface area (Å²) < 4.78 is 0. The van der Waals surface area contributed by atoms with E-state index in [-0.39, 0.29) is 6.54 Å². The highest BCUT2D eigenvalue weighted by atomic mass is 35.5. The molecule has 0 amide bonds. The molecule has 0 saturated carbocycles. The molecular weight excluding hydrogens is 220 g/mol. The van der Waals surface area contributed by atoms with E-state index in [0.717, 1.165) is 4.90 Å². The molecule has 1 unspecified atom stereocenters. The van der Waals surface area contributed by atoms with E-state index in [4.69, 9.17) is 23.1 Å². The standard InChI is InChI=1S/C9H13ClN2OS/c10-8-3-7(1-2-9(8)12)14-5-6(13)4-11/h1-3,6,13H,4-5,11-12H2. The predicted octanol–water partition coefficient (Wildman–Crippen LogP) is 1.33. The summed E-state index contributed by atoms with van der Waals surface area (Å²) in [6.45, 7) is 0.274. The first-order valence-electron chi connectivity index (χ1n) is 4.19. The molecule has 0 bridgehead atoms. The first-order chi connectivity index (χ1) is 6.63. The number of hydrogen-bond donors (Lipinski definition) is 3. The van der Waals surface area contributed by atoms with Crippen LogP contribution in [0.25, 0.3) is 0 Å². The van der Waals surface area contributed by atoms with Crippen LogP contribution in [0.4, 0.5) is 5.69 Å². The van der Waals surface area contributed by atoms with Gasteiger partial charge in [-0.3, -0.25) is 0 Å². The van der Waals surface area contributed by atoms with Crippen LogP contribution in [0.3, 0.4) is 0 Å². The number of benzene rings is 1. The molecule has 0 spiro atoms. The summed E-state index contributed by atoms with van der Waals surface area (Å²) in [4.78, 5) is 0.983. The van der Waals surface area contributed by atoms with E-state index >= 15 is 0 Å². The van der Waals surface area contributed by atoms with E-state index in [1.54, 1.807) is 12.1 Å². The summed E-state index contributed by atoms with van der Waals surface area (Å²) in [6.07, 6.45) is -0.476. The van der Waals surface area contributed by atoms with Gasteiger partial charge >= 0.3 is 0 Å². The minimum atomic E-state index is -0.476. The van der Waals surface area contributed by atoms with Crippen LogP contribution in [-0.4, -0.2) is 23.5 Å². The minimum Gasteiger partial charge on any atom is -0.398 e. The third-order valence-corrected chi connectivity index (χ3v) is 3.15. The number of thioether (sulfide) groups is 1. The van der Waals surface area contributed by atoms with Crippen molar-refractivity contribution in [3.63, 3.8) is 0 Å². The molecule has 1 aromatic carbocycles. The van der Waals surface area contributed by atoms with Gasteiger partial charge in [0, 0.05) is 17.2 Å². The first-order valence-corrected chi connectivity index (χ1v) is 5.55. The molecular formula is C9H13ClN2OS. The molecule has 0 heterocycles. The maximum atomic E-state index is 9.24. The Morgan fingerprint density at radius 2 is 2.21 bits per heavy atom. The maximum Gasteiger partial charge on any atom is 0.0756 e. The van der Waals surface area contributed by atoms with Crippen LogP contribution in [0.15, 0.2) is 23.1 Å². The van der Waals surface area contributed by atoms with E-state index < -0.39 is 6.10 Å². The highest BCUT2D eigenvalue weighted by Gasteiger charge is 2.03. The fourth-order valence-electron chi connectivity index (χ4n) is 0.858. The molecule has 0 saturated heterocycles. The molecule has 0 fully saturated rings. The molecule has 5 N–H and O–H groups in total. The average molecular weight is 233 g/mol. The van der Waals surface area contributed by atoms with Crippen LogP contribution in [0, 0.1) is 0 Å². The van der Waals surface area contributed by atoms with Crippen molar-refractivity contribution in [3.8, 4) is 0 Å². The Morgan fingerprint density at radius 1 is 1.50 bits per heavy atom. The van der Waals surface area contributed by atoms with Crippen LogP contribution in [0.2, 0.25) is 5.02 Å². The molecule has 3 nitrogen and oxygen atoms in total. The van der Waals surface area contributed by atoms with Gasteiger partial charge in [-0.05, 0) is 18.2 Å². The Kier molecular flexibility index (Phi) is 4.54. The molecule has 0 aliphatic heterocycles. The monoisotopic (exact) mass is 232 g/mol. The number of halogens is 1. The normalized spacial score (nSPS) is 12.8. The van der Waals surface area contributed by atoms with E-state index in [1.165, 1.54) is 11.8 Å². The third-order valence-electron chi connectivity index (χ3n) is 1.69. The van der Waals surface area contributed by atoms with Crippen LogP contribution in [0.1, 0.15) is 0 Å². The fraction of sp³-hybridized carbons (Fsp3) is 0.333. The second-order valence-electron chi connectivity index (χ2n) is 2.88. The van der Waals surface area contributed by atoms with Crippen molar-refractivity contribution >= 4 is 29.1 Å². The number of nitrogen functional groups attached to an aromatic ring is 1. The van der Waals surface area contributed by atoms with Gasteiger partial charge in [0.2, 0.25) is 0 Å². The highest BCUT2D eigenvalue weighted by molar-refractivity contribution is 7.99. The van der Waals surface area contributed by atoms with Crippen molar-refractivity contribution in [2.24, 2.45) is 5.73 Å². The lowest BCUT2D eigenvalue weighted by Crippen LogP contribution is -2.21. The lowest BCUT2D eigenvalue weighted by molar-refractivity contribution is 0.208. The molecule has 0 aliphatic carbocycles. The van der Waals surface area contributed by atoms with Crippen LogP contribution in [-0.2, 0) is 0 Å². The van der Waals surface area contributed by atoms with Gasteiger partial charge in [-0.15, -0.1) is 11.8 Å². The van der Waals surface area contributed by atoms with Gasteiger partial charge in [0.25, 0.3) is 0 Å². The third kappa shape index (κ3) is 3.38. The van der Waals surface area contributed by atoms with Crippen molar-refractivity contribution < 1.29 is 5.11 Å². The Balaban J connectivity index is 2.55. The largest absolute Gasteiger partial charge is 0.398 e. The quantitative estimate of drug-likeness (QED) is 0.541. The SMILES string of the molecule is NCC(O)CSc1ccc(N)c(Cl)c1. The van der Waals surface area contributed by atoms with E-state index in [2.05, 4.69) is 0 Å². The summed E-state index contributed by atoms with van der Waals surface area (Å²) in [5, 5.41) is 9.78. The number of nitrogens with two attached hydrogens (primary N) is 2. The molecule has 5 heteroatoms. The molecule has 1 atom stereocenters. The van der Waals surface area contributed by atoms with Crippen LogP contribution >= 0.6 is 23.4 Å². The Bertz CT molecular complexity index is 309. The highest BCUT2D eigenvalue weighted by Crippen LogP contribution is 2.26. The zero-order valence-corrected chi connectivity index (χ0v) is 9.18. The molecule has 1 aromatic rings. The first kappa shape index (κ1) is 11.7. The number of rotatable bonds is 4. The van der Waals surface area contributed by atoms with Gasteiger partial charge in [-0.25, -0.2) is 0 Å². The topological polar surface area (TPSA) is 72.3 Å². The smallest absolute Gasteiger partial charge is 0.0756 e. The summed E-state index contributed by atoms with van der Waals surface area (Å²) in [5.74, 6) is 0.566. The molecule has 0 radical (unpaired) electrons. The second-order valence-corrected chi connectivity index (χ2v) is 4.38. The number of anilines is 1. The molecule has 0 aromatic heterocycles. The lowest BCUT2D eigenvalue weighted by atomic mass is 10.3. The van der Waals surface area contributed by atoms with Crippen molar-refractivity contribution in [1.82, 2.24) is 0 Å². The molecule has 78 valence electrons. The van der Waals surface area contributed by atoms with Crippen molar-refractivity contribution in [1.29, 1.82) is 0 Å². The van der Waals surface area contributed by atoms with Crippen molar-refractivity contribution in [2.75, 3.05) is 18.0 Å². The van der Waals surface area contributed by atoms with Gasteiger partial charge in [0.1, 0.15) is 0 Å². The van der Waals surface area contributed by atoms with Gasteiger partial charge < -0.3 is 16.6 Å². The van der Waals surface area contributed by atoms with Crippen molar-refractivity contribution in [3.05, 3.63) is 23.2 Å². The molecule has 1 rings (SSSR count).